The number of hydrogen-bond donors (Lipinski definition) is 1. The van der Waals surface area contributed by atoms with Crippen LogP contribution >= 0.6 is 11.8 Å². The van der Waals surface area contributed by atoms with E-state index in [0.29, 0.717) is 6.54 Å². The second kappa shape index (κ2) is 10.4. The van der Waals surface area contributed by atoms with E-state index in [9.17, 15) is 4.79 Å². The quantitative estimate of drug-likeness (QED) is 0.507. The fraction of sp³-hybridized carbons (Fsp3) is 0.296. The highest BCUT2D eigenvalue weighted by Gasteiger charge is 2.22. The molecule has 0 aromatic heterocycles. The normalized spacial score (nSPS) is 15.6. The van der Waals surface area contributed by atoms with Crippen molar-refractivity contribution in [1.82, 2.24) is 10.2 Å². The van der Waals surface area contributed by atoms with Crippen LogP contribution in [0.4, 0.5) is 11.4 Å². The van der Waals surface area contributed by atoms with Crippen LogP contribution in [0.5, 0.6) is 0 Å². The number of nitrogens with one attached hydrogen (secondary N) is 1. The summed E-state index contributed by atoms with van der Waals surface area (Å²) in [5, 5.41) is 3.11. The third-order valence-corrected chi connectivity index (χ3v) is 7.21. The van der Waals surface area contributed by atoms with E-state index < -0.39 is 0 Å². The Bertz CT molecular complexity index is 1070. The maximum Gasteiger partial charge on any atom is 0.251 e. The number of para-hydroxylation sites is 2. The fourth-order valence-corrected chi connectivity index (χ4v) is 5.49. The van der Waals surface area contributed by atoms with Gasteiger partial charge >= 0.3 is 0 Å². The first-order chi connectivity index (χ1) is 16.3. The molecule has 3 aromatic carbocycles. The van der Waals surface area contributed by atoms with Gasteiger partial charge in [0.25, 0.3) is 5.91 Å². The van der Waals surface area contributed by atoms with Crippen LogP contribution in [0, 0.1) is 0 Å². The van der Waals surface area contributed by atoms with Crippen molar-refractivity contribution in [3.8, 4) is 0 Å². The summed E-state index contributed by atoms with van der Waals surface area (Å²) in [7, 11) is 0. The van der Waals surface area contributed by atoms with Crippen LogP contribution in [0.1, 0.15) is 22.3 Å². The molecule has 0 spiro atoms. The molecule has 170 valence electrons. The number of amides is 1. The smallest absolute Gasteiger partial charge is 0.251 e. The van der Waals surface area contributed by atoms with Crippen molar-refractivity contribution < 1.29 is 9.53 Å². The zero-order chi connectivity index (χ0) is 22.5. The number of carbonyl (C=O) groups excluding carboxylic acids is 1. The van der Waals surface area contributed by atoms with Crippen LogP contribution in [0.3, 0.4) is 0 Å². The minimum atomic E-state index is -0.00572. The van der Waals surface area contributed by atoms with Crippen LogP contribution in [0.2, 0.25) is 0 Å². The Morgan fingerprint density at radius 1 is 0.909 bits per heavy atom. The van der Waals surface area contributed by atoms with E-state index in [2.05, 4.69) is 69.7 Å². The summed E-state index contributed by atoms with van der Waals surface area (Å²) >= 11 is 1.82. The van der Waals surface area contributed by atoms with E-state index in [-0.39, 0.29) is 5.91 Å². The van der Waals surface area contributed by atoms with Gasteiger partial charge in [0.15, 0.2) is 0 Å². The lowest BCUT2D eigenvalue weighted by Crippen LogP contribution is -2.35. The largest absolute Gasteiger partial charge is 0.379 e. The lowest BCUT2D eigenvalue weighted by molar-refractivity contribution is 0.0342. The Balaban J connectivity index is 1.17. The monoisotopic (exact) mass is 459 g/mol. The van der Waals surface area contributed by atoms with Crippen molar-refractivity contribution in [2.45, 2.75) is 22.8 Å². The number of fused-ring (bicyclic) bond motifs is 2. The first-order valence-electron chi connectivity index (χ1n) is 11.6. The first kappa shape index (κ1) is 22.0. The molecule has 5 rings (SSSR count). The molecule has 0 bridgehead atoms. The standard InChI is InChI=1S/C27H29N3O2S/c31-27(22-8-5-7-21(19-22)20-29-15-17-32-18-16-29)28-13-6-14-30-23-9-1-3-11-25(23)33-26-12-4-2-10-24(26)30/h1-5,7-12,19H,6,13-18,20H2,(H,28,31). The van der Waals surface area contributed by atoms with Gasteiger partial charge in [-0.2, -0.15) is 0 Å². The molecular weight excluding hydrogens is 430 g/mol. The molecule has 2 aliphatic rings. The summed E-state index contributed by atoms with van der Waals surface area (Å²) in [6.07, 6.45) is 0.868. The minimum Gasteiger partial charge on any atom is -0.379 e. The van der Waals surface area contributed by atoms with E-state index in [1.807, 2.05) is 30.0 Å². The van der Waals surface area contributed by atoms with E-state index >= 15 is 0 Å². The minimum absolute atomic E-state index is 0.00572. The molecule has 0 radical (unpaired) electrons. The average Bonchev–Trinajstić information content (AvgIpc) is 2.86. The van der Waals surface area contributed by atoms with Gasteiger partial charge in [0, 0.05) is 48.1 Å². The molecule has 0 atom stereocenters. The van der Waals surface area contributed by atoms with Crippen LogP contribution in [-0.4, -0.2) is 50.2 Å². The van der Waals surface area contributed by atoms with Crippen molar-refractivity contribution in [2.75, 3.05) is 44.3 Å². The Hall–Kier alpha value is -2.80. The second-order valence-electron chi connectivity index (χ2n) is 8.39. The summed E-state index contributed by atoms with van der Waals surface area (Å²) in [6.45, 7) is 5.80. The van der Waals surface area contributed by atoms with E-state index in [1.165, 1.54) is 26.7 Å². The van der Waals surface area contributed by atoms with Gasteiger partial charge in [0.2, 0.25) is 0 Å². The maximum absolute atomic E-state index is 12.8. The van der Waals surface area contributed by atoms with Gasteiger partial charge in [-0.15, -0.1) is 0 Å². The van der Waals surface area contributed by atoms with Gasteiger partial charge in [-0.25, -0.2) is 0 Å². The van der Waals surface area contributed by atoms with Crippen molar-refractivity contribution in [3.05, 3.63) is 83.9 Å². The SMILES string of the molecule is O=C(NCCCN1c2ccccc2Sc2ccccc21)c1cccc(CN2CCOCC2)c1. The first-order valence-corrected chi connectivity index (χ1v) is 12.4. The molecule has 0 aliphatic carbocycles. The lowest BCUT2D eigenvalue weighted by Gasteiger charge is -2.32. The number of carbonyl (C=O) groups is 1. The van der Waals surface area contributed by atoms with E-state index in [0.717, 1.165) is 51.4 Å². The summed E-state index contributed by atoms with van der Waals surface area (Å²) < 4.78 is 5.43. The highest BCUT2D eigenvalue weighted by molar-refractivity contribution is 7.99. The molecule has 1 fully saturated rings. The summed E-state index contributed by atoms with van der Waals surface area (Å²) in [5.74, 6) is -0.00572. The van der Waals surface area contributed by atoms with Gasteiger partial charge in [-0.1, -0.05) is 48.2 Å². The Kier molecular flexibility index (Phi) is 6.95. The molecule has 33 heavy (non-hydrogen) atoms. The summed E-state index contributed by atoms with van der Waals surface area (Å²) in [6, 6.07) is 25.0. The number of morpholine rings is 1. The Labute approximate surface area is 199 Å². The second-order valence-corrected chi connectivity index (χ2v) is 9.47. The van der Waals surface area contributed by atoms with Crippen LogP contribution in [-0.2, 0) is 11.3 Å². The van der Waals surface area contributed by atoms with Crippen molar-refractivity contribution in [1.29, 1.82) is 0 Å². The number of benzene rings is 3. The predicted molar refractivity (Wildman–Crippen MR) is 134 cm³/mol. The third-order valence-electron chi connectivity index (χ3n) is 6.08. The van der Waals surface area contributed by atoms with Crippen molar-refractivity contribution in [3.63, 3.8) is 0 Å². The van der Waals surface area contributed by atoms with Gasteiger partial charge in [-0.3, -0.25) is 9.69 Å². The molecule has 1 amide bonds. The number of anilines is 2. The molecular formula is C27H29N3O2S. The van der Waals surface area contributed by atoms with Gasteiger partial charge in [0.1, 0.15) is 0 Å². The number of nitrogens with zero attached hydrogens (tertiary/aromatic N) is 2. The van der Waals surface area contributed by atoms with Crippen LogP contribution in [0.15, 0.2) is 82.6 Å². The molecule has 2 heterocycles. The average molecular weight is 460 g/mol. The van der Waals surface area contributed by atoms with Crippen LogP contribution in [0.25, 0.3) is 0 Å². The predicted octanol–water partition coefficient (Wildman–Crippen LogP) is 4.94. The third kappa shape index (κ3) is 5.24. The highest BCUT2D eigenvalue weighted by Crippen LogP contribution is 2.47. The fourth-order valence-electron chi connectivity index (χ4n) is 4.39. The number of hydrogen-bond acceptors (Lipinski definition) is 5. The molecule has 5 nitrogen and oxygen atoms in total. The zero-order valence-electron chi connectivity index (χ0n) is 18.7. The summed E-state index contributed by atoms with van der Waals surface area (Å²) in [5.41, 5.74) is 4.38. The van der Waals surface area contributed by atoms with Crippen LogP contribution < -0.4 is 10.2 Å². The molecule has 0 saturated carbocycles. The molecule has 6 heteroatoms. The maximum atomic E-state index is 12.8. The van der Waals surface area contributed by atoms with Crippen molar-refractivity contribution >= 4 is 29.0 Å². The zero-order valence-corrected chi connectivity index (χ0v) is 19.5. The van der Waals surface area contributed by atoms with E-state index in [1.54, 1.807) is 0 Å². The number of ether oxygens (including phenoxy) is 1. The van der Waals surface area contributed by atoms with Gasteiger partial charge in [-0.05, 0) is 48.4 Å². The van der Waals surface area contributed by atoms with Crippen molar-refractivity contribution in [2.24, 2.45) is 0 Å². The molecule has 3 aromatic rings. The Morgan fingerprint density at radius 3 is 2.33 bits per heavy atom. The number of rotatable bonds is 7. The molecule has 0 unspecified atom stereocenters. The lowest BCUT2D eigenvalue weighted by atomic mass is 10.1. The highest BCUT2D eigenvalue weighted by atomic mass is 32.2. The Morgan fingerprint density at radius 2 is 1.61 bits per heavy atom. The molecule has 1 N–H and O–H groups in total. The van der Waals surface area contributed by atoms with E-state index in [4.69, 9.17) is 4.74 Å². The molecule has 1 saturated heterocycles. The summed E-state index contributed by atoms with van der Waals surface area (Å²) in [4.78, 5) is 20.1. The van der Waals surface area contributed by atoms with Gasteiger partial charge < -0.3 is 15.0 Å². The van der Waals surface area contributed by atoms with Gasteiger partial charge in [0.05, 0.1) is 24.6 Å². The molecule has 2 aliphatic heterocycles. The topological polar surface area (TPSA) is 44.8 Å².